The molecule has 1 aliphatic heterocycles. The van der Waals surface area contributed by atoms with Crippen LogP contribution in [0.25, 0.3) is 11.0 Å². The van der Waals surface area contributed by atoms with Crippen LogP contribution >= 0.6 is 0 Å². The average Bonchev–Trinajstić information content (AvgIpc) is 3.28. The van der Waals surface area contributed by atoms with Gasteiger partial charge in [-0.05, 0) is 44.2 Å². The Balaban J connectivity index is 1.72. The van der Waals surface area contributed by atoms with Crippen molar-refractivity contribution in [2.45, 2.75) is 55.7 Å². The summed E-state index contributed by atoms with van der Waals surface area (Å²) in [5.74, 6) is 0.545. The third-order valence-corrected chi connectivity index (χ3v) is 8.00. The first kappa shape index (κ1) is 17.5. The summed E-state index contributed by atoms with van der Waals surface area (Å²) in [5, 5.41) is 0. The lowest BCUT2D eigenvalue weighted by atomic mass is 9.97. The van der Waals surface area contributed by atoms with E-state index in [9.17, 15) is 13.2 Å². The molecular weight excluding hydrogens is 350 g/mol. The summed E-state index contributed by atoms with van der Waals surface area (Å²) in [7, 11) is -3.46. The third kappa shape index (κ3) is 2.73. The molecule has 1 amide bonds. The van der Waals surface area contributed by atoms with Gasteiger partial charge in [0, 0.05) is 12.8 Å². The van der Waals surface area contributed by atoms with Crippen molar-refractivity contribution in [1.82, 2.24) is 14.9 Å². The number of aromatic amines is 1. The van der Waals surface area contributed by atoms with Crippen LogP contribution in [-0.2, 0) is 14.6 Å². The summed E-state index contributed by atoms with van der Waals surface area (Å²) < 4.78 is 23.9. The number of sulfone groups is 1. The fourth-order valence-electron chi connectivity index (χ4n) is 4.54. The zero-order valence-electron chi connectivity index (χ0n) is 15.1. The van der Waals surface area contributed by atoms with Crippen molar-refractivity contribution in [3.05, 3.63) is 30.1 Å². The number of hydrogen-bond acceptors (Lipinski definition) is 4. The lowest BCUT2D eigenvalue weighted by Gasteiger charge is -2.39. The van der Waals surface area contributed by atoms with Crippen molar-refractivity contribution in [3.8, 4) is 0 Å². The molecule has 1 aromatic carbocycles. The highest BCUT2D eigenvalue weighted by Crippen LogP contribution is 2.41. The molecule has 1 saturated heterocycles. The number of benzene rings is 1. The first-order chi connectivity index (χ1) is 12.4. The fourth-order valence-corrected chi connectivity index (χ4v) is 6.01. The Kier molecular flexibility index (Phi) is 4.29. The minimum Gasteiger partial charge on any atom is -0.340 e. The second-order valence-corrected chi connectivity index (χ2v) is 9.95. The van der Waals surface area contributed by atoms with Crippen LogP contribution in [0.1, 0.15) is 56.8 Å². The summed E-state index contributed by atoms with van der Waals surface area (Å²) in [6, 6.07) is 7.62. The van der Waals surface area contributed by atoms with Gasteiger partial charge < -0.3 is 9.88 Å². The van der Waals surface area contributed by atoms with E-state index in [1.165, 1.54) is 6.26 Å². The van der Waals surface area contributed by atoms with Gasteiger partial charge in [-0.3, -0.25) is 4.79 Å². The second kappa shape index (κ2) is 6.37. The third-order valence-electron chi connectivity index (χ3n) is 6.00. The number of amides is 1. The van der Waals surface area contributed by atoms with Crippen molar-refractivity contribution in [1.29, 1.82) is 0 Å². The topological polar surface area (TPSA) is 83.1 Å². The van der Waals surface area contributed by atoms with Gasteiger partial charge in [-0.1, -0.05) is 25.0 Å². The maximum atomic E-state index is 13.5. The molecule has 6 nitrogen and oxygen atoms in total. The molecule has 2 aromatic rings. The van der Waals surface area contributed by atoms with Crippen LogP contribution < -0.4 is 0 Å². The molecule has 7 heteroatoms. The highest BCUT2D eigenvalue weighted by atomic mass is 32.2. The minimum absolute atomic E-state index is 0.178. The lowest BCUT2D eigenvalue weighted by molar-refractivity contribution is -0.138. The van der Waals surface area contributed by atoms with Gasteiger partial charge in [-0.25, -0.2) is 13.4 Å². The normalized spacial score (nSPS) is 23.4. The molecule has 2 heterocycles. The Morgan fingerprint density at radius 2 is 1.92 bits per heavy atom. The summed E-state index contributed by atoms with van der Waals surface area (Å²) in [6.45, 7) is 0.595. The van der Waals surface area contributed by atoms with E-state index >= 15 is 0 Å². The van der Waals surface area contributed by atoms with E-state index in [0.29, 0.717) is 19.4 Å². The van der Waals surface area contributed by atoms with Gasteiger partial charge in [-0.2, -0.15) is 0 Å². The summed E-state index contributed by atoms with van der Waals surface area (Å²) in [5.41, 5.74) is 1.82. The highest BCUT2D eigenvalue weighted by molar-refractivity contribution is 7.92. The van der Waals surface area contributed by atoms with E-state index in [1.807, 2.05) is 24.3 Å². The summed E-state index contributed by atoms with van der Waals surface area (Å²) >= 11 is 0. The first-order valence-corrected chi connectivity index (χ1v) is 11.3. The van der Waals surface area contributed by atoms with E-state index in [4.69, 9.17) is 0 Å². The number of rotatable bonds is 3. The molecule has 1 N–H and O–H groups in total. The molecule has 2 aliphatic rings. The fraction of sp³-hybridized carbons (Fsp3) is 0.579. The number of nitrogens with one attached hydrogen (secondary N) is 1. The van der Waals surface area contributed by atoms with Crippen molar-refractivity contribution in [3.63, 3.8) is 0 Å². The van der Waals surface area contributed by atoms with Crippen LogP contribution in [0.15, 0.2) is 24.3 Å². The van der Waals surface area contributed by atoms with Crippen molar-refractivity contribution >= 4 is 26.8 Å². The zero-order valence-corrected chi connectivity index (χ0v) is 15.9. The van der Waals surface area contributed by atoms with Gasteiger partial charge >= 0.3 is 0 Å². The van der Waals surface area contributed by atoms with E-state index in [1.54, 1.807) is 4.90 Å². The van der Waals surface area contributed by atoms with Gasteiger partial charge in [0.15, 0.2) is 14.6 Å². The van der Waals surface area contributed by atoms with Crippen LogP contribution in [0.5, 0.6) is 0 Å². The largest absolute Gasteiger partial charge is 0.340 e. The Morgan fingerprint density at radius 3 is 2.62 bits per heavy atom. The van der Waals surface area contributed by atoms with Crippen molar-refractivity contribution in [2.24, 2.45) is 0 Å². The number of aromatic nitrogens is 2. The monoisotopic (exact) mass is 375 g/mol. The molecule has 0 spiro atoms. The Hall–Kier alpha value is -1.89. The van der Waals surface area contributed by atoms with E-state index < -0.39 is 14.6 Å². The molecule has 140 valence electrons. The molecule has 1 aromatic heterocycles. The number of H-pyrrole nitrogens is 1. The number of hydrogen-bond donors (Lipinski definition) is 1. The van der Waals surface area contributed by atoms with Crippen molar-refractivity contribution < 1.29 is 13.2 Å². The van der Waals surface area contributed by atoms with Gasteiger partial charge in [0.1, 0.15) is 5.82 Å². The van der Waals surface area contributed by atoms with Gasteiger partial charge in [-0.15, -0.1) is 0 Å². The number of piperidine rings is 1. The molecule has 0 unspecified atom stereocenters. The predicted octanol–water partition coefficient (Wildman–Crippen LogP) is 2.97. The average molecular weight is 375 g/mol. The second-order valence-electron chi connectivity index (χ2n) is 7.62. The van der Waals surface area contributed by atoms with E-state index in [0.717, 1.165) is 49.0 Å². The van der Waals surface area contributed by atoms with Crippen LogP contribution in [0, 0.1) is 0 Å². The number of likely N-dealkylation sites (tertiary alicyclic amines) is 1. The zero-order chi connectivity index (χ0) is 18.4. The number of carbonyl (C=O) groups excluding carboxylic acids is 1. The molecule has 1 aliphatic carbocycles. The Bertz CT molecular complexity index is 895. The summed E-state index contributed by atoms with van der Waals surface area (Å²) in [6.07, 6.45) is 6.41. The van der Waals surface area contributed by atoms with Crippen LogP contribution in [0.3, 0.4) is 0 Å². The van der Waals surface area contributed by atoms with Gasteiger partial charge in [0.25, 0.3) is 0 Å². The molecule has 2 fully saturated rings. The predicted molar refractivity (Wildman–Crippen MR) is 100 cm³/mol. The van der Waals surface area contributed by atoms with Crippen LogP contribution in [-0.4, -0.2) is 46.7 Å². The van der Waals surface area contributed by atoms with Crippen LogP contribution in [0.4, 0.5) is 0 Å². The number of nitrogens with zero attached hydrogens (tertiary/aromatic N) is 2. The number of fused-ring (bicyclic) bond motifs is 1. The lowest BCUT2D eigenvalue weighted by Crippen LogP contribution is -2.54. The number of para-hydroxylation sites is 2. The van der Waals surface area contributed by atoms with E-state index in [2.05, 4.69) is 9.97 Å². The Morgan fingerprint density at radius 1 is 1.19 bits per heavy atom. The minimum atomic E-state index is -3.46. The molecule has 1 saturated carbocycles. The van der Waals surface area contributed by atoms with Gasteiger partial charge in [0.05, 0.1) is 17.1 Å². The smallest absolute Gasteiger partial charge is 0.244 e. The molecule has 0 bridgehead atoms. The van der Waals surface area contributed by atoms with Gasteiger partial charge in [0.2, 0.25) is 5.91 Å². The van der Waals surface area contributed by atoms with Crippen molar-refractivity contribution in [2.75, 3.05) is 12.8 Å². The molecule has 4 rings (SSSR count). The molecule has 0 radical (unpaired) electrons. The van der Waals surface area contributed by atoms with Crippen LogP contribution in [0.2, 0.25) is 0 Å². The van der Waals surface area contributed by atoms with E-state index in [-0.39, 0.29) is 11.9 Å². The first-order valence-electron chi connectivity index (χ1n) is 9.38. The Labute approximate surface area is 153 Å². The molecular formula is C19H25N3O3S. The molecule has 26 heavy (non-hydrogen) atoms. The maximum absolute atomic E-state index is 13.5. The number of imidazole rings is 1. The summed E-state index contributed by atoms with van der Waals surface area (Å²) in [4.78, 5) is 23.3. The number of carbonyl (C=O) groups is 1. The maximum Gasteiger partial charge on any atom is 0.244 e. The quantitative estimate of drug-likeness (QED) is 0.894. The standard InChI is InChI=1S/C19H25N3O3S/c1-26(24,25)19(11-5-6-12-19)18(23)22-13-7-4-10-16(22)17-20-14-8-2-3-9-15(14)21-17/h2-3,8-9,16H,4-7,10-13H2,1H3,(H,20,21)/t16-/m0/s1. The highest BCUT2D eigenvalue weighted by Gasteiger charge is 2.53. The SMILES string of the molecule is CS(=O)(=O)C1(C(=O)N2CCCC[C@H]2c2nc3ccccc3[nH]2)CCCC1. The molecule has 1 atom stereocenters.